The number of rotatable bonds is 4. The van der Waals surface area contributed by atoms with Crippen LogP contribution in [0, 0.1) is 0 Å². The Morgan fingerprint density at radius 2 is 1.94 bits per heavy atom. The van der Waals surface area contributed by atoms with Crippen molar-refractivity contribution in [1.29, 1.82) is 0 Å². The Kier molecular flexibility index (Phi) is 3.74. The van der Waals surface area contributed by atoms with Crippen LogP contribution in [-0.2, 0) is 18.7 Å². The molecule has 0 saturated carbocycles. The average Bonchev–Trinajstić information content (AvgIpc) is 2.82. The summed E-state index contributed by atoms with van der Waals surface area (Å²) in [4.78, 5) is 8.56. The fourth-order valence-corrected chi connectivity index (χ4v) is 1.76. The normalized spacial score (nSPS) is 10.8. The molecule has 0 bridgehead atoms. The van der Waals surface area contributed by atoms with E-state index in [1.807, 2.05) is 4.68 Å². The highest BCUT2D eigenvalue weighted by Crippen LogP contribution is 2.11. The van der Waals surface area contributed by atoms with Gasteiger partial charge in [-0.05, 0) is 18.9 Å². The Morgan fingerprint density at radius 1 is 1.12 bits per heavy atom. The van der Waals surface area contributed by atoms with Gasteiger partial charge in [-0.25, -0.2) is 9.67 Å². The van der Waals surface area contributed by atoms with Gasteiger partial charge in [-0.1, -0.05) is 13.8 Å². The van der Waals surface area contributed by atoms with Crippen molar-refractivity contribution in [2.75, 3.05) is 0 Å². The van der Waals surface area contributed by atoms with Crippen molar-refractivity contribution in [3.63, 3.8) is 0 Å². The maximum atomic E-state index is 5.69. The molecule has 5 heteroatoms. The van der Waals surface area contributed by atoms with E-state index < -0.39 is 0 Å². The number of nitrogens with zero attached hydrogens (tertiary/aromatic N) is 4. The number of hydrogen-bond acceptors (Lipinski definition) is 3. The molecule has 0 spiro atoms. The topological polar surface area (TPSA) is 43.6 Å². The van der Waals surface area contributed by atoms with Crippen LogP contribution in [0.5, 0.6) is 0 Å². The number of hydrogen-bond donors (Lipinski definition) is 0. The molecule has 0 fully saturated rings. The summed E-state index contributed by atoms with van der Waals surface area (Å²) < 4.78 is 1.85. The average molecular weight is 251 g/mol. The highest BCUT2D eigenvalue weighted by Gasteiger charge is 2.08. The lowest BCUT2D eigenvalue weighted by Crippen LogP contribution is -2.05. The zero-order valence-electron chi connectivity index (χ0n) is 10.0. The minimum Gasteiger partial charge on any atom is -0.254 e. The second-order valence-electron chi connectivity index (χ2n) is 3.75. The molecule has 2 heterocycles. The van der Waals surface area contributed by atoms with E-state index in [9.17, 15) is 0 Å². The van der Waals surface area contributed by atoms with E-state index in [-0.39, 0.29) is 0 Å². The molecule has 2 aromatic rings. The van der Waals surface area contributed by atoms with E-state index in [1.165, 1.54) is 0 Å². The Balaban J connectivity index is 2.40. The number of alkyl halides is 1. The largest absolute Gasteiger partial charge is 0.254 e. The molecular weight excluding hydrogens is 236 g/mol. The zero-order valence-corrected chi connectivity index (χ0v) is 10.8. The maximum absolute atomic E-state index is 5.69. The van der Waals surface area contributed by atoms with Crippen LogP contribution in [0.15, 0.2) is 18.5 Å². The van der Waals surface area contributed by atoms with Crippen molar-refractivity contribution >= 4 is 11.6 Å². The third-order valence-corrected chi connectivity index (χ3v) is 2.88. The van der Waals surface area contributed by atoms with Crippen LogP contribution in [0.3, 0.4) is 0 Å². The Hall–Kier alpha value is -1.42. The second kappa shape index (κ2) is 5.27. The van der Waals surface area contributed by atoms with Gasteiger partial charge in [0.2, 0.25) is 0 Å². The second-order valence-corrected chi connectivity index (χ2v) is 4.01. The number of aromatic nitrogens is 4. The first-order valence-electron chi connectivity index (χ1n) is 5.73. The van der Waals surface area contributed by atoms with Crippen molar-refractivity contribution in [1.82, 2.24) is 19.7 Å². The van der Waals surface area contributed by atoms with E-state index in [1.54, 1.807) is 12.4 Å². The highest BCUT2D eigenvalue weighted by molar-refractivity contribution is 6.16. The first-order chi connectivity index (χ1) is 8.28. The van der Waals surface area contributed by atoms with Crippen molar-refractivity contribution in [2.45, 2.75) is 32.6 Å². The highest BCUT2D eigenvalue weighted by atomic mass is 35.5. The smallest absolute Gasteiger partial charge is 0.172 e. The first-order valence-corrected chi connectivity index (χ1v) is 6.27. The Morgan fingerprint density at radius 3 is 2.47 bits per heavy atom. The van der Waals surface area contributed by atoms with Crippen LogP contribution in [0.1, 0.15) is 30.9 Å². The van der Waals surface area contributed by atoms with Gasteiger partial charge < -0.3 is 0 Å². The lowest BCUT2D eigenvalue weighted by Gasteiger charge is -2.04. The van der Waals surface area contributed by atoms with E-state index in [0.717, 1.165) is 35.7 Å². The lowest BCUT2D eigenvalue weighted by atomic mass is 10.3. The molecule has 0 radical (unpaired) electrons. The molecule has 0 amide bonds. The van der Waals surface area contributed by atoms with E-state index >= 15 is 0 Å². The number of halogens is 1. The van der Waals surface area contributed by atoms with Crippen molar-refractivity contribution in [2.24, 2.45) is 0 Å². The van der Waals surface area contributed by atoms with Crippen LogP contribution in [0.25, 0.3) is 5.82 Å². The molecule has 2 aromatic heterocycles. The third-order valence-electron chi connectivity index (χ3n) is 2.60. The maximum Gasteiger partial charge on any atom is 0.172 e. The van der Waals surface area contributed by atoms with E-state index in [0.29, 0.717) is 5.88 Å². The van der Waals surface area contributed by atoms with E-state index in [2.05, 4.69) is 35.0 Å². The monoisotopic (exact) mass is 250 g/mol. The number of aryl methyl sites for hydroxylation is 2. The van der Waals surface area contributed by atoms with Gasteiger partial charge in [0.15, 0.2) is 5.82 Å². The van der Waals surface area contributed by atoms with Crippen LogP contribution in [-0.4, -0.2) is 19.7 Å². The summed E-state index contributed by atoms with van der Waals surface area (Å²) in [5.74, 6) is 1.13. The van der Waals surface area contributed by atoms with Gasteiger partial charge in [-0.3, -0.25) is 4.98 Å². The standard InChI is InChI=1S/C12H15ClN4/c1-3-9-5-11(4-2)17(16-9)12-8-14-10(6-13)7-15-12/h5,7-8H,3-4,6H2,1-2H3. The fourth-order valence-electron chi connectivity index (χ4n) is 1.62. The summed E-state index contributed by atoms with van der Waals surface area (Å²) in [6.07, 6.45) is 5.25. The van der Waals surface area contributed by atoms with Crippen molar-refractivity contribution < 1.29 is 0 Å². The molecule has 0 N–H and O–H groups in total. The third kappa shape index (κ3) is 2.47. The molecule has 0 aliphatic heterocycles. The first kappa shape index (κ1) is 12.0. The predicted octanol–water partition coefficient (Wildman–Crippen LogP) is 2.53. The summed E-state index contributed by atoms with van der Waals surface area (Å²) in [6, 6.07) is 2.11. The van der Waals surface area contributed by atoms with Crippen LogP contribution in [0.2, 0.25) is 0 Å². The quantitative estimate of drug-likeness (QED) is 0.784. The summed E-state index contributed by atoms with van der Waals surface area (Å²) in [6.45, 7) is 4.20. The van der Waals surface area contributed by atoms with Gasteiger partial charge in [0.1, 0.15) is 0 Å². The summed E-state index contributed by atoms with van der Waals surface area (Å²) in [5, 5.41) is 4.51. The van der Waals surface area contributed by atoms with Gasteiger partial charge in [-0.2, -0.15) is 5.10 Å². The Labute approximate surface area is 106 Å². The minimum atomic E-state index is 0.382. The summed E-state index contributed by atoms with van der Waals surface area (Å²) in [5.41, 5.74) is 3.00. The summed E-state index contributed by atoms with van der Waals surface area (Å²) in [7, 11) is 0. The van der Waals surface area contributed by atoms with Crippen LogP contribution < -0.4 is 0 Å². The molecule has 0 aliphatic carbocycles. The lowest BCUT2D eigenvalue weighted by molar-refractivity contribution is 0.764. The van der Waals surface area contributed by atoms with Crippen molar-refractivity contribution in [3.05, 3.63) is 35.5 Å². The zero-order chi connectivity index (χ0) is 12.3. The molecule has 0 aromatic carbocycles. The van der Waals surface area contributed by atoms with Crippen LogP contribution >= 0.6 is 11.6 Å². The minimum absolute atomic E-state index is 0.382. The molecule has 0 atom stereocenters. The van der Waals surface area contributed by atoms with Gasteiger partial charge in [-0.15, -0.1) is 11.6 Å². The Bertz CT molecular complexity index is 490. The summed E-state index contributed by atoms with van der Waals surface area (Å²) >= 11 is 5.69. The van der Waals surface area contributed by atoms with Crippen LogP contribution in [0.4, 0.5) is 0 Å². The fraction of sp³-hybridized carbons (Fsp3) is 0.417. The molecule has 0 aliphatic rings. The van der Waals surface area contributed by atoms with Gasteiger partial charge >= 0.3 is 0 Å². The van der Waals surface area contributed by atoms with Gasteiger partial charge in [0.05, 0.1) is 29.7 Å². The van der Waals surface area contributed by atoms with Gasteiger partial charge in [0.25, 0.3) is 0 Å². The molecule has 2 rings (SSSR count). The van der Waals surface area contributed by atoms with Crippen molar-refractivity contribution in [3.8, 4) is 5.82 Å². The molecular formula is C12H15ClN4. The molecule has 4 nitrogen and oxygen atoms in total. The SMILES string of the molecule is CCc1cc(CC)n(-c2cnc(CCl)cn2)n1. The predicted molar refractivity (Wildman–Crippen MR) is 67.5 cm³/mol. The molecule has 0 saturated heterocycles. The molecule has 90 valence electrons. The van der Waals surface area contributed by atoms with E-state index in [4.69, 9.17) is 11.6 Å². The van der Waals surface area contributed by atoms with Gasteiger partial charge in [0, 0.05) is 5.69 Å². The molecule has 17 heavy (non-hydrogen) atoms. The molecule has 0 unspecified atom stereocenters.